The summed E-state index contributed by atoms with van der Waals surface area (Å²) >= 11 is 0. The number of ether oxygens (including phenoxy) is 2. The zero-order valence-electron chi connectivity index (χ0n) is 5.96. The highest BCUT2D eigenvalue weighted by Crippen LogP contribution is 1.93. The van der Waals surface area contributed by atoms with Crippen LogP contribution in [0.15, 0.2) is 6.08 Å². The molecule has 0 N–H and O–H groups in total. The summed E-state index contributed by atoms with van der Waals surface area (Å²) in [6.45, 7) is 10.2. The van der Waals surface area contributed by atoms with Crippen LogP contribution in [-0.4, -0.2) is 19.5 Å². The van der Waals surface area contributed by atoms with Gasteiger partial charge in [0.15, 0.2) is 0 Å². The smallest absolute Gasteiger partial charge is 0.226 e. The van der Waals surface area contributed by atoms with Gasteiger partial charge in [0.2, 0.25) is 18.9 Å². The molecule has 0 aliphatic heterocycles. The standard InChI is InChI=1S/C7H13O2/c1-4-7(8-5-2)9-6-3/h1,4,7H,5-6H2,2-3H3/q+1. The Kier molecular flexibility index (Phi) is 5.43. The maximum Gasteiger partial charge on any atom is 0.226 e. The minimum atomic E-state index is -0.333. The van der Waals surface area contributed by atoms with Crippen LogP contribution in [0.3, 0.4) is 0 Å². The Morgan fingerprint density at radius 1 is 1.33 bits per heavy atom. The van der Waals surface area contributed by atoms with Crippen LogP contribution in [0, 0.1) is 6.58 Å². The number of hydrogen-bond donors (Lipinski definition) is 0. The van der Waals surface area contributed by atoms with Gasteiger partial charge in [-0.3, -0.25) is 0 Å². The molecular formula is C7H13O2+. The fraction of sp³-hybridized carbons (Fsp3) is 0.714. The molecule has 0 aromatic carbocycles. The van der Waals surface area contributed by atoms with Crippen LogP contribution in [0.25, 0.3) is 0 Å². The lowest BCUT2D eigenvalue weighted by atomic mass is 10.6. The van der Waals surface area contributed by atoms with Crippen LogP contribution in [0.5, 0.6) is 0 Å². The molecule has 2 nitrogen and oxygen atoms in total. The quantitative estimate of drug-likeness (QED) is 0.412. The summed E-state index contributed by atoms with van der Waals surface area (Å²) in [5.41, 5.74) is 0. The first kappa shape index (κ1) is 8.57. The van der Waals surface area contributed by atoms with E-state index in [1.54, 1.807) is 0 Å². The van der Waals surface area contributed by atoms with E-state index in [2.05, 4.69) is 0 Å². The molecule has 0 aliphatic carbocycles. The molecule has 0 saturated heterocycles. The molecular weight excluding hydrogens is 116 g/mol. The third-order valence-electron chi connectivity index (χ3n) is 0.819. The van der Waals surface area contributed by atoms with Crippen LogP contribution < -0.4 is 0 Å². The van der Waals surface area contributed by atoms with Gasteiger partial charge >= 0.3 is 0 Å². The zero-order valence-corrected chi connectivity index (χ0v) is 5.96. The van der Waals surface area contributed by atoms with Gasteiger partial charge in [-0.15, -0.1) is 0 Å². The van der Waals surface area contributed by atoms with Crippen molar-refractivity contribution in [2.45, 2.75) is 20.1 Å². The van der Waals surface area contributed by atoms with E-state index in [-0.39, 0.29) is 6.29 Å². The SMILES string of the molecule is [CH+]=CC(OCC)OCC. The number of rotatable bonds is 5. The Bertz CT molecular complexity index is 65.3. The largest absolute Gasteiger partial charge is 0.346 e. The van der Waals surface area contributed by atoms with Gasteiger partial charge < -0.3 is 9.47 Å². The van der Waals surface area contributed by atoms with Crippen LogP contribution in [-0.2, 0) is 9.47 Å². The normalized spacial score (nSPS) is 10.0. The molecule has 0 saturated carbocycles. The summed E-state index contributed by atoms with van der Waals surface area (Å²) in [5.74, 6) is 0. The fourth-order valence-corrected chi connectivity index (χ4v) is 0.488. The summed E-state index contributed by atoms with van der Waals surface area (Å²) in [6.07, 6.45) is 1.06. The maximum atomic E-state index is 5.17. The first-order valence-corrected chi connectivity index (χ1v) is 3.13. The molecule has 0 amide bonds. The van der Waals surface area contributed by atoms with Crippen molar-refractivity contribution in [2.24, 2.45) is 0 Å². The van der Waals surface area contributed by atoms with Crippen molar-refractivity contribution in [3.8, 4) is 0 Å². The van der Waals surface area contributed by atoms with Gasteiger partial charge in [-0.25, -0.2) is 0 Å². The van der Waals surface area contributed by atoms with Crippen LogP contribution >= 0.6 is 0 Å². The molecule has 0 rings (SSSR count). The van der Waals surface area contributed by atoms with Gasteiger partial charge in [-0.1, -0.05) is 0 Å². The van der Waals surface area contributed by atoms with Crippen molar-refractivity contribution < 1.29 is 9.47 Å². The van der Waals surface area contributed by atoms with Crippen molar-refractivity contribution in [1.29, 1.82) is 0 Å². The van der Waals surface area contributed by atoms with Crippen LogP contribution in [0.2, 0.25) is 0 Å². The third-order valence-corrected chi connectivity index (χ3v) is 0.819. The molecule has 0 heterocycles. The van der Waals surface area contributed by atoms with E-state index < -0.39 is 0 Å². The molecule has 0 bridgehead atoms. The van der Waals surface area contributed by atoms with E-state index in [1.165, 1.54) is 6.08 Å². The molecule has 0 aromatic rings. The van der Waals surface area contributed by atoms with Crippen molar-refractivity contribution >= 4 is 0 Å². The Morgan fingerprint density at radius 2 is 1.78 bits per heavy atom. The summed E-state index contributed by atoms with van der Waals surface area (Å²) in [6, 6.07) is 0. The molecule has 52 valence electrons. The minimum absolute atomic E-state index is 0.333. The monoisotopic (exact) mass is 129 g/mol. The van der Waals surface area contributed by atoms with Crippen molar-refractivity contribution in [2.75, 3.05) is 13.2 Å². The average Bonchev–Trinajstić information content (AvgIpc) is 1.88. The van der Waals surface area contributed by atoms with Gasteiger partial charge in [-0.05, 0) is 13.8 Å². The van der Waals surface area contributed by atoms with Gasteiger partial charge in [0.05, 0.1) is 0 Å². The lowest BCUT2D eigenvalue weighted by Gasteiger charge is -2.07. The van der Waals surface area contributed by atoms with E-state index >= 15 is 0 Å². The predicted molar refractivity (Wildman–Crippen MR) is 35.9 cm³/mol. The topological polar surface area (TPSA) is 18.5 Å². The van der Waals surface area contributed by atoms with Crippen molar-refractivity contribution in [1.82, 2.24) is 0 Å². The van der Waals surface area contributed by atoms with Crippen molar-refractivity contribution in [3.05, 3.63) is 12.7 Å². The summed E-state index contributed by atoms with van der Waals surface area (Å²) in [7, 11) is 0. The molecule has 0 radical (unpaired) electrons. The van der Waals surface area contributed by atoms with Gasteiger partial charge in [0.25, 0.3) is 0 Å². The fourth-order valence-electron chi connectivity index (χ4n) is 0.488. The third kappa shape index (κ3) is 4.10. The lowest BCUT2D eigenvalue weighted by Crippen LogP contribution is -2.13. The Balaban J connectivity index is 3.29. The second-order valence-electron chi connectivity index (χ2n) is 1.47. The van der Waals surface area contributed by atoms with Crippen LogP contribution in [0.1, 0.15) is 13.8 Å². The minimum Gasteiger partial charge on any atom is -0.346 e. The molecule has 0 spiro atoms. The van der Waals surface area contributed by atoms with Gasteiger partial charge in [-0.2, -0.15) is 0 Å². The van der Waals surface area contributed by atoms with Crippen molar-refractivity contribution in [3.63, 3.8) is 0 Å². The second-order valence-corrected chi connectivity index (χ2v) is 1.47. The molecule has 9 heavy (non-hydrogen) atoms. The van der Waals surface area contributed by atoms with Gasteiger partial charge in [0, 0.05) is 13.2 Å². The molecule has 0 atom stereocenters. The highest BCUT2D eigenvalue weighted by molar-refractivity contribution is 4.67. The maximum absolute atomic E-state index is 5.17. The Hall–Kier alpha value is -0.430. The second kappa shape index (κ2) is 5.70. The molecule has 2 heteroatoms. The summed E-state index contributed by atoms with van der Waals surface area (Å²) in [5, 5.41) is 0. The van der Waals surface area contributed by atoms with E-state index in [9.17, 15) is 0 Å². The molecule has 0 aromatic heterocycles. The molecule has 0 fully saturated rings. The molecule has 0 aliphatic rings. The number of hydrogen-bond acceptors (Lipinski definition) is 2. The highest BCUT2D eigenvalue weighted by atomic mass is 16.7. The average molecular weight is 129 g/mol. The highest BCUT2D eigenvalue weighted by Gasteiger charge is 2.04. The van der Waals surface area contributed by atoms with E-state index in [0.29, 0.717) is 13.2 Å². The summed E-state index contributed by atoms with van der Waals surface area (Å²) < 4.78 is 10.1. The van der Waals surface area contributed by atoms with E-state index in [4.69, 9.17) is 16.1 Å². The van der Waals surface area contributed by atoms with E-state index in [1.807, 2.05) is 13.8 Å². The first-order chi connectivity index (χ1) is 4.35. The Labute approximate surface area is 56.5 Å². The van der Waals surface area contributed by atoms with E-state index in [0.717, 1.165) is 0 Å². The first-order valence-electron chi connectivity index (χ1n) is 3.13. The summed E-state index contributed by atoms with van der Waals surface area (Å²) in [4.78, 5) is 0. The lowest BCUT2D eigenvalue weighted by molar-refractivity contribution is -0.103. The Morgan fingerprint density at radius 3 is 2.00 bits per heavy atom. The predicted octanol–water partition coefficient (Wildman–Crippen LogP) is 1.37. The van der Waals surface area contributed by atoms with Gasteiger partial charge in [0.1, 0.15) is 0 Å². The zero-order chi connectivity index (χ0) is 7.11. The van der Waals surface area contributed by atoms with Crippen LogP contribution in [0.4, 0.5) is 0 Å². The molecule has 0 unspecified atom stereocenters.